The molecule has 7 nitrogen and oxygen atoms in total. The lowest BCUT2D eigenvalue weighted by Crippen LogP contribution is -2.36. The van der Waals surface area contributed by atoms with Crippen molar-refractivity contribution in [2.24, 2.45) is 0 Å². The fraction of sp³-hybridized carbons (Fsp3) is 0.300. The monoisotopic (exact) mass is 369 g/mol. The number of nitrogens with one attached hydrogen (secondary N) is 2. The lowest BCUT2D eigenvalue weighted by atomic mass is 10.1. The summed E-state index contributed by atoms with van der Waals surface area (Å²) >= 11 is 0. The van der Waals surface area contributed by atoms with E-state index < -0.39 is 0 Å². The summed E-state index contributed by atoms with van der Waals surface area (Å²) in [5.41, 5.74) is 3.53. The maximum Gasteiger partial charge on any atom is 0.315 e. The second kappa shape index (κ2) is 8.44. The van der Waals surface area contributed by atoms with Crippen LogP contribution in [0.4, 0.5) is 4.79 Å². The molecule has 142 valence electrons. The van der Waals surface area contributed by atoms with Crippen LogP contribution in [0.15, 0.2) is 40.9 Å². The van der Waals surface area contributed by atoms with Gasteiger partial charge in [0, 0.05) is 18.0 Å². The van der Waals surface area contributed by atoms with Gasteiger partial charge in [-0.3, -0.25) is 0 Å². The van der Waals surface area contributed by atoms with Gasteiger partial charge in [-0.25, -0.2) is 4.79 Å². The number of methoxy groups -OCH3 is 2. The average molecular weight is 369 g/mol. The fourth-order valence-corrected chi connectivity index (χ4v) is 2.83. The lowest BCUT2D eigenvalue weighted by molar-refractivity contribution is 0.240. The Morgan fingerprint density at radius 3 is 2.74 bits per heavy atom. The Hall–Kier alpha value is -3.22. The van der Waals surface area contributed by atoms with Gasteiger partial charge in [0.2, 0.25) is 0 Å². The van der Waals surface area contributed by atoms with Crippen molar-refractivity contribution in [1.29, 1.82) is 0 Å². The Balaban J connectivity index is 1.51. The number of carbonyl (C=O) groups is 1. The van der Waals surface area contributed by atoms with Crippen molar-refractivity contribution in [2.75, 3.05) is 20.8 Å². The third kappa shape index (κ3) is 4.49. The van der Waals surface area contributed by atoms with Crippen LogP contribution in [-0.2, 0) is 13.0 Å². The topological polar surface area (TPSA) is 85.6 Å². The molecule has 0 radical (unpaired) electrons. The highest BCUT2D eigenvalue weighted by molar-refractivity contribution is 5.81. The summed E-state index contributed by atoms with van der Waals surface area (Å²) in [5, 5.41) is 10.6. The molecule has 0 spiro atoms. The van der Waals surface area contributed by atoms with E-state index in [1.165, 1.54) is 0 Å². The molecule has 3 aromatic rings. The van der Waals surface area contributed by atoms with Crippen LogP contribution >= 0.6 is 0 Å². The number of urea groups is 1. The minimum atomic E-state index is -0.258. The molecule has 2 aromatic carbocycles. The van der Waals surface area contributed by atoms with Crippen LogP contribution in [0, 0.1) is 6.92 Å². The van der Waals surface area contributed by atoms with Gasteiger partial charge in [-0.05, 0) is 37.1 Å². The number of fused-ring (bicyclic) bond motifs is 1. The van der Waals surface area contributed by atoms with Crippen molar-refractivity contribution in [1.82, 2.24) is 15.8 Å². The van der Waals surface area contributed by atoms with Gasteiger partial charge in [-0.15, -0.1) is 0 Å². The standard InChI is InChI=1S/C20H23N3O4/c1-13-4-7-18-16(10-13)17(23-27-18)12-22-20(24)21-9-8-14-5-6-15(25-2)11-19(14)26-3/h4-7,10-11H,8-9,12H2,1-3H3,(H2,21,22,24). The summed E-state index contributed by atoms with van der Waals surface area (Å²) in [6, 6.07) is 11.2. The maximum absolute atomic E-state index is 12.1. The highest BCUT2D eigenvalue weighted by Crippen LogP contribution is 2.24. The summed E-state index contributed by atoms with van der Waals surface area (Å²) in [6.45, 7) is 2.78. The molecule has 0 aliphatic carbocycles. The number of ether oxygens (including phenoxy) is 2. The molecule has 1 aromatic heterocycles. The van der Waals surface area contributed by atoms with Gasteiger partial charge in [0.1, 0.15) is 17.2 Å². The number of benzene rings is 2. The number of nitrogens with zero attached hydrogens (tertiary/aromatic N) is 1. The zero-order chi connectivity index (χ0) is 19.2. The molecular formula is C20H23N3O4. The molecular weight excluding hydrogens is 346 g/mol. The second-order valence-corrected chi connectivity index (χ2v) is 6.17. The molecule has 1 heterocycles. The number of aryl methyl sites for hydroxylation is 1. The van der Waals surface area contributed by atoms with Gasteiger partial charge in [0.15, 0.2) is 5.58 Å². The van der Waals surface area contributed by atoms with Gasteiger partial charge in [0.05, 0.1) is 20.8 Å². The normalized spacial score (nSPS) is 10.6. The van der Waals surface area contributed by atoms with Crippen LogP contribution in [-0.4, -0.2) is 32.0 Å². The minimum Gasteiger partial charge on any atom is -0.497 e. The molecule has 0 bridgehead atoms. The molecule has 0 unspecified atom stereocenters. The first kappa shape index (κ1) is 18.6. The Morgan fingerprint density at radius 2 is 1.96 bits per heavy atom. The van der Waals surface area contributed by atoms with Crippen molar-refractivity contribution in [2.45, 2.75) is 19.9 Å². The van der Waals surface area contributed by atoms with E-state index in [-0.39, 0.29) is 6.03 Å². The first-order valence-electron chi connectivity index (χ1n) is 8.68. The summed E-state index contributed by atoms with van der Waals surface area (Å²) in [6.07, 6.45) is 0.646. The summed E-state index contributed by atoms with van der Waals surface area (Å²) in [7, 11) is 3.22. The van der Waals surface area contributed by atoms with Crippen LogP contribution in [0.2, 0.25) is 0 Å². The smallest absolute Gasteiger partial charge is 0.315 e. The van der Waals surface area contributed by atoms with Crippen molar-refractivity contribution >= 4 is 17.0 Å². The van der Waals surface area contributed by atoms with Gasteiger partial charge in [-0.2, -0.15) is 0 Å². The number of carbonyl (C=O) groups excluding carboxylic acids is 1. The van der Waals surface area contributed by atoms with E-state index >= 15 is 0 Å². The van der Waals surface area contributed by atoms with E-state index in [0.29, 0.717) is 30.8 Å². The molecule has 3 rings (SSSR count). The molecule has 0 saturated heterocycles. The largest absolute Gasteiger partial charge is 0.497 e. The number of hydrogen-bond acceptors (Lipinski definition) is 5. The fourth-order valence-electron chi connectivity index (χ4n) is 2.83. The number of amides is 2. The SMILES string of the molecule is COc1ccc(CCNC(=O)NCc2noc3ccc(C)cc23)c(OC)c1. The Bertz CT molecular complexity index is 936. The van der Waals surface area contributed by atoms with E-state index in [0.717, 1.165) is 28.0 Å². The number of rotatable bonds is 7. The third-order valence-corrected chi connectivity index (χ3v) is 4.29. The molecule has 0 aliphatic heterocycles. The summed E-state index contributed by atoms with van der Waals surface area (Å²) < 4.78 is 15.8. The Kier molecular flexibility index (Phi) is 5.80. The quantitative estimate of drug-likeness (QED) is 0.668. The Morgan fingerprint density at radius 1 is 1.11 bits per heavy atom. The summed E-state index contributed by atoms with van der Waals surface area (Å²) in [5.74, 6) is 1.47. The predicted molar refractivity (Wildman–Crippen MR) is 102 cm³/mol. The van der Waals surface area contributed by atoms with E-state index in [2.05, 4.69) is 15.8 Å². The van der Waals surface area contributed by atoms with Crippen molar-refractivity contribution < 1.29 is 18.8 Å². The first-order valence-corrected chi connectivity index (χ1v) is 8.68. The van der Waals surface area contributed by atoms with Gasteiger partial charge in [-0.1, -0.05) is 22.9 Å². The molecule has 0 saturated carbocycles. The molecule has 2 N–H and O–H groups in total. The first-order chi connectivity index (χ1) is 13.1. The van der Waals surface area contributed by atoms with Crippen LogP contribution in [0.25, 0.3) is 11.0 Å². The van der Waals surface area contributed by atoms with E-state index in [1.807, 2.05) is 43.3 Å². The number of aromatic nitrogens is 1. The second-order valence-electron chi connectivity index (χ2n) is 6.17. The lowest BCUT2D eigenvalue weighted by Gasteiger charge is -2.11. The molecule has 0 aliphatic rings. The molecule has 0 fully saturated rings. The van der Waals surface area contributed by atoms with Crippen molar-refractivity contribution in [3.05, 3.63) is 53.2 Å². The van der Waals surface area contributed by atoms with Crippen LogP contribution in [0.3, 0.4) is 0 Å². The highest BCUT2D eigenvalue weighted by Gasteiger charge is 2.10. The molecule has 7 heteroatoms. The minimum absolute atomic E-state index is 0.258. The average Bonchev–Trinajstić information content (AvgIpc) is 3.08. The van der Waals surface area contributed by atoms with Crippen LogP contribution < -0.4 is 20.1 Å². The molecule has 2 amide bonds. The Labute approximate surface area is 157 Å². The van der Waals surface area contributed by atoms with E-state index in [9.17, 15) is 4.79 Å². The van der Waals surface area contributed by atoms with Crippen LogP contribution in [0.5, 0.6) is 11.5 Å². The zero-order valence-electron chi connectivity index (χ0n) is 15.7. The number of hydrogen-bond donors (Lipinski definition) is 2. The predicted octanol–water partition coefficient (Wildman–Crippen LogP) is 3.20. The molecule has 0 atom stereocenters. The zero-order valence-corrected chi connectivity index (χ0v) is 15.7. The molecule has 27 heavy (non-hydrogen) atoms. The van der Waals surface area contributed by atoms with Gasteiger partial charge < -0.3 is 24.6 Å². The highest BCUT2D eigenvalue weighted by atomic mass is 16.5. The van der Waals surface area contributed by atoms with E-state index in [1.54, 1.807) is 14.2 Å². The van der Waals surface area contributed by atoms with Gasteiger partial charge >= 0.3 is 6.03 Å². The maximum atomic E-state index is 12.1. The van der Waals surface area contributed by atoms with Crippen LogP contribution in [0.1, 0.15) is 16.8 Å². The van der Waals surface area contributed by atoms with E-state index in [4.69, 9.17) is 14.0 Å². The van der Waals surface area contributed by atoms with Crippen molar-refractivity contribution in [3.8, 4) is 11.5 Å². The van der Waals surface area contributed by atoms with Gasteiger partial charge in [0.25, 0.3) is 0 Å². The summed E-state index contributed by atoms with van der Waals surface area (Å²) in [4.78, 5) is 12.1. The van der Waals surface area contributed by atoms with Crippen molar-refractivity contribution in [3.63, 3.8) is 0 Å². The third-order valence-electron chi connectivity index (χ3n) is 4.29.